The van der Waals surface area contributed by atoms with Crippen LogP contribution in [0.4, 0.5) is 5.69 Å². The number of hydrogen-bond acceptors (Lipinski definition) is 3. The van der Waals surface area contributed by atoms with Crippen molar-refractivity contribution in [3.05, 3.63) is 56.4 Å². The van der Waals surface area contributed by atoms with Gasteiger partial charge in [0.2, 0.25) is 5.43 Å². The third-order valence-corrected chi connectivity index (χ3v) is 4.88. The normalized spacial score (nSPS) is 11.3. The third kappa shape index (κ3) is 3.17. The summed E-state index contributed by atoms with van der Waals surface area (Å²) in [5, 5.41) is 0.363. The predicted octanol–water partition coefficient (Wildman–Crippen LogP) is 2.59. The van der Waals surface area contributed by atoms with Crippen molar-refractivity contribution in [1.82, 2.24) is 4.98 Å². The zero-order valence-electron chi connectivity index (χ0n) is 9.35. The van der Waals surface area contributed by atoms with Crippen LogP contribution in [-0.2, 0) is 10.0 Å². The van der Waals surface area contributed by atoms with Crippen LogP contribution < -0.4 is 10.2 Å². The van der Waals surface area contributed by atoms with Crippen LogP contribution >= 0.6 is 27.5 Å². The van der Waals surface area contributed by atoms with E-state index in [1.807, 2.05) is 0 Å². The van der Waals surface area contributed by atoms with E-state index in [1.54, 1.807) is 6.07 Å². The van der Waals surface area contributed by atoms with Crippen molar-refractivity contribution in [1.29, 1.82) is 0 Å². The summed E-state index contributed by atoms with van der Waals surface area (Å²) in [6.45, 7) is 0. The first-order chi connectivity index (χ1) is 8.90. The molecule has 0 aliphatic carbocycles. The second-order valence-corrected chi connectivity index (χ2v) is 6.52. The van der Waals surface area contributed by atoms with Gasteiger partial charge in [-0.3, -0.25) is 9.52 Å². The van der Waals surface area contributed by atoms with E-state index in [0.29, 0.717) is 9.50 Å². The number of aromatic nitrogens is 1. The topological polar surface area (TPSA) is 79.0 Å². The largest absolute Gasteiger partial charge is 0.366 e. The molecule has 0 aliphatic rings. The number of sulfonamides is 1. The molecule has 1 heterocycles. The van der Waals surface area contributed by atoms with Gasteiger partial charge in [-0.15, -0.1) is 0 Å². The summed E-state index contributed by atoms with van der Waals surface area (Å²) in [6.07, 6.45) is 2.49. The number of H-pyrrole nitrogens is 1. The summed E-state index contributed by atoms with van der Waals surface area (Å²) >= 11 is 9.07. The molecule has 0 bridgehead atoms. The quantitative estimate of drug-likeness (QED) is 0.880. The molecular formula is C11H8BrClN2O3S. The lowest BCUT2D eigenvalue weighted by atomic mass is 10.3. The Bertz CT molecular complexity index is 774. The van der Waals surface area contributed by atoms with Gasteiger partial charge >= 0.3 is 0 Å². The molecule has 0 aliphatic heterocycles. The Kier molecular flexibility index (Phi) is 3.98. The molecule has 0 amide bonds. The molecule has 0 radical (unpaired) electrons. The molecule has 2 N–H and O–H groups in total. The fourth-order valence-electron chi connectivity index (χ4n) is 1.38. The van der Waals surface area contributed by atoms with Crippen LogP contribution in [0.2, 0.25) is 5.02 Å². The summed E-state index contributed by atoms with van der Waals surface area (Å²) in [4.78, 5) is 13.7. The Morgan fingerprint density at radius 1 is 1.26 bits per heavy atom. The van der Waals surface area contributed by atoms with Gasteiger partial charge in [-0.1, -0.05) is 11.6 Å². The lowest BCUT2D eigenvalue weighted by Crippen LogP contribution is -2.20. The Labute approximate surface area is 122 Å². The van der Waals surface area contributed by atoms with Crippen LogP contribution in [0.15, 0.2) is 50.8 Å². The molecule has 100 valence electrons. The molecule has 1 aromatic heterocycles. The van der Waals surface area contributed by atoms with Crippen molar-refractivity contribution in [3.63, 3.8) is 0 Å². The number of benzene rings is 1. The van der Waals surface area contributed by atoms with Gasteiger partial charge in [-0.2, -0.15) is 0 Å². The second kappa shape index (κ2) is 5.36. The zero-order valence-corrected chi connectivity index (χ0v) is 12.5. The summed E-state index contributed by atoms with van der Waals surface area (Å²) in [6, 6.07) is 5.73. The minimum absolute atomic E-state index is 0.274. The molecule has 2 rings (SSSR count). The Balaban J connectivity index is 2.40. The number of rotatable bonds is 3. The molecule has 0 saturated carbocycles. The first kappa shape index (κ1) is 14.1. The average molecular weight is 364 g/mol. The minimum Gasteiger partial charge on any atom is -0.366 e. The average Bonchev–Trinajstić information content (AvgIpc) is 2.34. The summed E-state index contributed by atoms with van der Waals surface area (Å²) in [5.74, 6) is 0. The van der Waals surface area contributed by atoms with Gasteiger partial charge in [-0.25, -0.2) is 8.42 Å². The Morgan fingerprint density at radius 3 is 2.63 bits per heavy atom. The van der Waals surface area contributed by atoms with Gasteiger partial charge in [-0.05, 0) is 34.1 Å². The van der Waals surface area contributed by atoms with E-state index in [4.69, 9.17) is 11.6 Å². The molecule has 0 unspecified atom stereocenters. The van der Waals surface area contributed by atoms with Crippen LogP contribution in [0.1, 0.15) is 0 Å². The van der Waals surface area contributed by atoms with E-state index in [-0.39, 0.29) is 10.6 Å². The summed E-state index contributed by atoms with van der Waals surface area (Å²) < 4.78 is 27.0. The van der Waals surface area contributed by atoms with E-state index >= 15 is 0 Å². The summed E-state index contributed by atoms with van der Waals surface area (Å²) in [5.41, 5.74) is -0.314. The van der Waals surface area contributed by atoms with Gasteiger partial charge in [0.05, 0.1) is 10.7 Å². The molecule has 0 fully saturated rings. The van der Waals surface area contributed by atoms with E-state index < -0.39 is 15.5 Å². The zero-order chi connectivity index (χ0) is 14.0. The van der Waals surface area contributed by atoms with Gasteiger partial charge in [0.25, 0.3) is 10.0 Å². The van der Waals surface area contributed by atoms with Crippen molar-refractivity contribution in [2.24, 2.45) is 0 Å². The lowest BCUT2D eigenvalue weighted by Gasteiger charge is -2.08. The number of pyridine rings is 1. The number of anilines is 1. The van der Waals surface area contributed by atoms with Gasteiger partial charge in [0.1, 0.15) is 0 Å². The molecule has 19 heavy (non-hydrogen) atoms. The van der Waals surface area contributed by atoms with E-state index in [1.165, 1.54) is 18.3 Å². The Morgan fingerprint density at radius 2 is 2.00 bits per heavy atom. The standard InChI is InChI=1S/C11H8BrClN2O3S/c12-8-2-1-7(5-9(8)13)15-19(17,18)11-6-14-4-3-10(11)16/h1-6,15H,(H,14,16). The van der Waals surface area contributed by atoms with E-state index in [2.05, 4.69) is 25.6 Å². The lowest BCUT2D eigenvalue weighted by molar-refractivity contribution is 0.600. The maximum atomic E-state index is 12.0. The van der Waals surface area contributed by atoms with Gasteiger partial charge < -0.3 is 4.98 Å². The van der Waals surface area contributed by atoms with Crippen LogP contribution in [0, 0.1) is 0 Å². The highest BCUT2D eigenvalue weighted by molar-refractivity contribution is 9.10. The first-order valence-corrected chi connectivity index (χ1v) is 7.70. The smallest absolute Gasteiger partial charge is 0.267 e. The Hall–Kier alpha value is -1.31. The fraction of sp³-hybridized carbons (Fsp3) is 0. The van der Waals surface area contributed by atoms with Gasteiger partial charge in [0.15, 0.2) is 4.90 Å². The van der Waals surface area contributed by atoms with Crippen molar-refractivity contribution < 1.29 is 8.42 Å². The van der Waals surface area contributed by atoms with Crippen LogP contribution in [0.3, 0.4) is 0 Å². The maximum absolute atomic E-state index is 12.0. The third-order valence-electron chi connectivity index (χ3n) is 2.25. The van der Waals surface area contributed by atoms with E-state index in [0.717, 1.165) is 12.3 Å². The molecule has 5 nitrogen and oxygen atoms in total. The molecule has 0 atom stereocenters. The number of nitrogens with one attached hydrogen (secondary N) is 2. The van der Waals surface area contributed by atoms with Crippen molar-refractivity contribution in [2.45, 2.75) is 4.90 Å². The molecular weight excluding hydrogens is 356 g/mol. The molecule has 8 heteroatoms. The van der Waals surface area contributed by atoms with Crippen LogP contribution in [0.5, 0.6) is 0 Å². The van der Waals surface area contributed by atoms with E-state index in [9.17, 15) is 13.2 Å². The number of aromatic amines is 1. The number of hydrogen-bond donors (Lipinski definition) is 2. The SMILES string of the molecule is O=c1cc[nH]cc1S(=O)(=O)Nc1ccc(Br)c(Cl)c1. The highest BCUT2D eigenvalue weighted by atomic mass is 79.9. The number of halogens is 2. The van der Waals surface area contributed by atoms with Crippen LogP contribution in [0.25, 0.3) is 0 Å². The van der Waals surface area contributed by atoms with Crippen molar-refractivity contribution in [2.75, 3.05) is 4.72 Å². The van der Waals surface area contributed by atoms with Gasteiger partial charge in [0, 0.05) is 22.9 Å². The second-order valence-electron chi connectivity index (χ2n) is 3.61. The fourth-order valence-corrected chi connectivity index (χ4v) is 2.91. The predicted molar refractivity (Wildman–Crippen MR) is 77.0 cm³/mol. The monoisotopic (exact) mass is 362 g/mol. The van der Waals surface area contributed by atoms with Crippen LogP contribution in [-0.4, -0.2) is 13.4 Å². The minimum atomic E-state index is -3.94. The molecule has 0 spiro atoms. The van der Waals surface area contributed by atoms with Crippen molar-refractivity contribution >= 4 is 43.2 Å². The highest BCUT2D eigenvalue weighted by Crippen LogP contribution is 2.26. The highest BCUT2D eigenvalue weighted by Gasteiger charge is 2.17. The molecule has 2 aromatic rings. The first-order valence-electron chi connectivity index (χ1n) is 5.05. The van der Waals surface area contributed by atoms with Crippen molar-refractivity contribution in [3.8, 4) is 0 Å². The molecule has 1 aromatic carbocycles. The maximum Gasteiger partial charge on any atom is 0.267 e. The summed E-state index contributed by atoms with van der Waals surface area (Å²) in [7, 11) is -3.94. The molecule has 0 saturated heterocycles.